The first-order valence-corrected chi connectivity index (χ1v) is 5.67. The van der Waals surface area contributed by atoms with Gasteiger partial charge in [-0.2, -0.15) is 0 Å². The lowest BCUT2D eigenvalue weighted by atomic mass is 10.1. The lowest BCUT2D eigenvalue weighted by Gasteiger charge is -2.17. The number of rotatable bonds is 6. The largest absolute Gasteiger partial charge is 0.493 e. The summed E-state index contributed by atoms with van der Waals surface area (Å²) in [5.74, 6) is 1.41. The maximum Gasteiger partial charge on any atom is 0.161 e. The molecular weight excluding hydrogens is 218 g/mol. The van der Waals surface area contributed by atoms with Gasteiger partial charge in [-0.25, -0.2) is 0 Å². The van der Waals surface area contributed by atoms with Gasteiger partial charge in [-0.05, 0) is 31.5 Å². The molecule has 0 radical (unpaired) electrons. The number of benzene rings is 1. The summed E-state index contributed by atoms with van der Waals surface area (Å²) < 4.78 is 16.0. The first kappa shape index (κ1) is 13.8. The molecule has 0 spiro atoms. The Kier molecular flexibility index (Phi) is 5.25. The van der Waals surface area contributed by atoms with Crippen LogP contribution in [0.15, 0.2) is 18.2 Å². The summed E-state index contributed by atoms with van der Waals surface area (Å²) in [5, 5.41) is 0. The van der Waals surface area contributed by atoms with E-state index in [4.69, 9.17) is 19.9 Å². The van der Waals surface area contributed by atoms with Gasteiger partial charge in [0.15, 0.2) is 11.5 Å². The van der Waals surface area contributed by atoms with Gasteiger partial charge >= 0.3 is 0 Å². The number of methoxy groups -OCH3 is 2. The predicted molar refractivity (Wildman–Crippen MR) is 67.6 cm³/mol. The van der Waals surface area contributed by atoms with E-state index in [2.05, 4.69) is 0 Å². The summed E-state index contributed by atoms with van der Waals surface area (Å²) in [6.07, 6.45) is -0.0185. The highest BCUT2D eigenvalue weighted by Gasteiger charge is 2.11. The van der Waals surface area contributed by atoms with Crippen LogP contribution in [0, 0.1) is 0 Å². The second-order valence-electron chi connectivity index (χ2n) is 4.08. The van der Waals surface area contributed by atoms with E-state index in [-0.39, 0.29) is 12.1 Å². The fourth-order valence-electron chi connectivity index (χ4n) is 1.55. The minimum atomic E-state index is -0.0191. The molecule has 4 nitrogen and oxygen atoms in total. The zero-order chi connectivity index (χ0) is 12.8. The topological polar surface area (TPSA) is 53.7 Å². The zero-order valence-corrected chi connectivity index (χ0v) is 10.9. The van der Waals surface area contributed by atoms with Gasteiger partial charge in [-0.3, -0.25) is 0 Å². The van der Waals surface area contributed by atoms with Gasteiger partial charge in [0.1, 0.15) is 6.10 Å². The van der Waals surface area contributed by atoms with Gasteiger partial charge in [-0.15, -0.1) is 0 Å². The summed E-state index contributed by atoms with van der Waals surface area (Å²) in [6, 6.07) is 5.71. The Morgan fingerprint density at radius 1 is 1.18 bits per heavy atom. The molecule has 0 aliphatic rings. The molecule has 0 fully saturated rings. The molecule has 4 heteroatoms. The van der Waals surface area contributed by atoms with Crippen LogP contribution in [-0.2, 0) is 4.74 Å². The average molecular weight is 239 g/mol. The second kappa shape index (κ2) is 6.47. The first-order chi connectivity index (χ1) is 8.08. The minimum absolute atomic E-state index is 0.0185. The molecule has 1 aromatic rings. The standard InChI is InChI=1S/C13H21NO3/c1-9(8-15-3)17-12-6-5-11(10(2)14)7-13(12)16-4/h5-7,9-10H,8,14H2,1-4H3. The molecule has 0 bridgehead atoms. The average Bonchev–Trinajstić information content (AvgIpc) is 2.29. The monoisotopic (exact) mass is 239 g/mol. The van der Waals surface area contributed by atoms with Gasteiger partial charge < -0.3 is 19.9 Å². The fourth-order valence-corrected chi connectivity index (χ4v) is 1.55. The Bertz CT molecular complexity index is 353. The molecular formula is C13H21NO3. The van der Waals surface area contributed by atoms with Crippen molar-refractivity contribution in [3.05, 3.63) is 23.8 Å². The van der Waals surface area contributed by atoms with E-state index < -0.39 is 0 Å². The molecule has 0 heterocycles. The van der Waals surface area contributed by atoms with Crippen molar-refractivity contribution in [2.75, 3.05) is 20.8 Å². The van der Waals surface area contributed by atoms with Crippen LogP contribution >= 0.6 is 0 Å². The highest BCUT2D eigenvalue weighted by molar-refractivity contribution is 5.43. The fraction of sp³-hybridized carbons (Fsp3) is 0.538. The summed E-state index contributed by atoms with van der Waals surface area (Å²) in [6.45, 7) is 4.42. The van der Waals surface area contributed by atoms with Crippen LogP contribution in [0.25, 0.3) is 0 Å². The number of hydrogen-bond acceptors (Lipinski definition) is 4. The van der Waals surface area contributed by atoms with Gasteiger partial charge in [0, 0.05) is 13.2 Å². The Balaban J connectivity index is 2.85. The summed E-state index contributed by atoms with van der Waals surface area (Å²) in [4.78, 5) is 0. The van der Waals surface area contributed by atoms with Crippen molar-refractivity contribution < 1.29 is 14.2 Å². The SMILES string of the molecule is COCC(C)Oc1ccc(C(C)N)cc1OC. The molecule has 0 aliphatic heterocycles. The molecule has 0 aliphatic carbocycles. The predicted octanol–water partition coefficient (Wildman–Crippen LogP) is 2.13. The van der Waals surface area contributed by atoms with Crippen LogP contribution in [-0.4, -0.2) is 26.9 Å². The van der Waals surface area contributed by atoms with Crippen molar-refractivity contribution in [2.45, 2.75) is 26.0 Å². The molecule has 1 rings (SSSR count). The van der Waals surface area contributed by atoms with Crippen LogP contribution in [0.4, 0.5) is 0 Å². The molecule has 96 valence electrons. The maximum atomic E-state index is 5.82. The van der Waals surface area contributed by atoms with E-state index in [1.807, 2.05) is 32.0 Å². The number of ether oxygens (including phenoxy) is 3. The van der Waals surface area contributed by atoms with Crippen LogP contribution in [0.3, 0.4) is 0 Å². The normalized spacial score (nSPS) is 14.2. The first-order valence-electron chi connectivity index (χ1n) is 5.67. The van der Waals surface area contributed by atoms with Crippen LogP contribution in [0.2, 0.25) is 0 Å². The van der Waals surface area contributed by atoms with Gasteiger partial charge in [0.25, 0.3) is 0 Å². The molecule has 1 aromatic carbocycles. The molecule has 2 atom stereocenters. The second-order valence-corrected chi connectivity index (χ2v) is 4.08. The summed E-state index contributed by atoms with van der Waals surface area (Å²) in [7, 11) is 3.27. The van der Waals surface area contributed by atoms with Crippen LogP contribution in [0.1, 0.15) is 25.5 Å². The highest BCUT2D eigenvalue weighted by atomic mass is 16.5. The number of nitrogens with two attached hydrogens (primary N) is 1. The van der Waals surface area contributed by atoms with Crippen molar-refractivity contribution in [3.63, 3.8) is 0 Å². The minimum Gasteiger partial charge on any atom is -0.493 e. The summed E-state index contributed by atoms with van der Waals surface area (Å²) >= 11 is 0. The van der Waals surface area contributed by atoms with Crippen LogP contribution in [0.5, 0.6) is 11.5 Å². The van der Waals surface area contributed by atoms with Gasteiger partial charge in [0.2, 0.25) is 0 Å². The number of hydrogen-bond donors (Lipinski definition) is 1. The third-order valence-electron chi connectivity index (χ3n) is 2.44. The molecule has 0 saturated carbocycles. The molecule has 2 unspecified atom stereocenters. The van der Waals surface area contributed by atoms with Crippen LogP contribution < -0.4 is 15.2 Å². The van der Waals surface area contributed by atoms with Crippen molar-refractivity contribution in [3.8, 4) is 11.5 Å². The smallest absolute Gasteiger partial charge is 0.161 e. The quantitative estimate of drug-likeness (QED) is 0.826. The zero-order valence-electron chi connectivity index (χ0n) is 10.9. The van der Waals surface area contributed by atoms with Crippen molar-refractivity contribution in [2.24, 2.45) is 5.73 Å². The Labute approximate surface area is 103 Å². The third-order valence-corrected chi connectivity index (χ3v) is 2.44. The van der Waals surface area contributed by atoms with E-state index in [9.17, 15) is 0 Å². The van der Waals surface area contributed by atoms with Crippen molar-refractivity contribution in [1.29, 1.82) is 0 Å². The Morgan fingerprint density at radius 3 is 2.41 bits per heavy atom. The lowest BCUT2D eigenvalue weighted by molar-refractivity contribution is 0.0899. The lowest BCUT2D eigenvalue weighted by Crippen LogP contribution is -2.18. The molecule has 0 amide bonds. The third kappa shape index (κ3) is 3.91. The molecule has 17 heavy (non-hydrogen) atoms. The molecule has 2 N–H and O–H groups in total. The maximum absolute atomic E-state index is 5.82. The van der Waals surface area contributed by atoms with Crippen molar-refractivity contribution in [1.82, 2.24) is 0 Å². The Hall–Kier alpha value is -1.26. The van der Waals surface area contributed by atoms with Gasteiger partial charge in [-0.1, -0.05) is 6.07 Å². The van der Waals surface area contributed by atoms with E-state index >= 15 is 0 Å². The van der Waals surface area contributed by atoms with E-state index in [0.29, 0.717) is 18.1 Å². The van der Waals surface area contributed by atoms with E-state index in [1.54, 1.807) is 14.2 Å². The van der Waals surface area contributed by atoms with E-state index in [0.717, 1.165) is 5.56 Å². The molecule has 0 saturated heterocycles. The Morgan fingerprint density at radius 2 is 1.88 bits per heavy atom. The van der Waals surface area contributed by atoms with Crippen molar-refractivity contribution >= 4 is 0 Å². The highest BCUT2D eigenvalue weighted by Crippen LogP contribution is 2.30. The van der Waals surface area contributed by atoms with E-state index in [1.165, 1.54) is 0 Å². The summed E-state index contributed by atoms with van der Waals surface area (Å²) in [5.41, 5.74) is 6.84. The van der Waals surface area contributed by atoms with Gasteiger partial charge in [0.05, 0.1) is 13.7 Å². The molecule has 0 aromatic heterocycles.